The second kappa shape index (κ2) is 3.66. The lowest BCUT2D eigenvalue weighted by molar-refractivity contribution is -0.103. The molecule has 0 saturated heterocycles. The Bertz CT molecular complexity index is 391. The summed E-state index contributed by atoms with van der Waals surface area (Å²) in [6.07, 6.45) is 4.86. The summed E-state index contributed by atoms with van der Waals surface area (Å²) in [4.78, 5) is 10.8. The van der Waals surface area contributed by atoms with E-state index in [1.165, 1.54) is 5.56 Å². The lowest BCUT2D eigenvalue weighted by Gasteiger charge is -2.14. The van der Waals surface area contributed by atoms with Crippen molar-refractivity contribution < 1.29 is 9.53 Å². The molecular formula is C12H12O2. The smallest absolute Gasteiger partial charge is 0.150 e. The molecular weight excluding hydrogens is 176 g/mol. The summed E-state index contributed by atoms with van der Waals surface area (Å²) in [6.45, 7) is 0. The number of aryl methyl sites for hydroxylation is 1. The Kier molecular flexibility index (Phi) is 2.35. The summed E-state index contributed by atoms with van der Waals surface area (Å²) in [5.74, 6) is 0.804. The van der Waals surface area contributed by atoms with Crippen molar-refractivity contribution in [1.29, 1.82) is 0 Å². The Labute approximate surface area is 83.2 Å². The zero-order valence-corrected chi connectivity index (χ0v) is 8.12. The highest BCUT2D eigenvalue weighted by molar-refractivity contribution is 6.08. The monoisotopic (exact) mass is 188 g/mol. The van der Waals surface area contributed by atoms with Crippen LogP contribution < -0.4 is 4.74 Å². The third kappa shape index (κ3) is 1.43. The lowest BCUT2D eigenvalue weighted by Crippen LogP contribution is -2.00. The van der Waals surface area contributed by atoms with E-state index in [2.05, 4.69) is 0 Å². The van der Waals surface area contributed by atoms with E-state index in [9.17, 15) is 4.79 Å². The maximum absolute atomic E-state index is 10.8. The Hall–Kier alpha value is -1.57. The summed E-state index contributed by atoms with van der Waals surface area (Å²) < 4.78 is 5.13. The molecule has 0 amide bonds. The van der Waals surface area contributed by atoms with Gasteiger partial charge in [0.05, 0.1) is 7.11 Å². The summed E-state index contributed by atoms with van der Waals surface area (Å²) in [5.41, 5.74) is 3.03. The van der Waals surface area contributed by atoms with Gasteiger partial charge in [0, 0.05) is 5.57 Å². The van der Waals surface area contributed by atoms with Crippen LogP contribution in [0.5, 0.6) is 5.75 Å². The SMILES string of the molecule is COc1ccc2c(c1)C(C=O)=CCC2. The largest absolute Gasteiger partial charge is 0.497 e. The van der Waals surface area contributed by atoms with E-state index in [4.69, 9.17) is 4.74 Å². The zero-order chi connectivity index (χ0) is 9.97. The molecule has 1 aliphatic rings. The van der Waals surface area contributed by atoms with Crippen LogP contribution in [0.1, 0.15) is 17.5 Å². The third-order valence-corrected chi connectivity index (χ3v) is 2.53. The predicted molar refractivity (Wildman–Crippen MR) is 55.4 cm³/mol. The van der Waals surface area contributed by atoms with Crippen molar-refractivity contribution in [2.24, 2.45) is 0 Å². The van der Waals surface area contributed by atoms with Crippen LogP contribution in [0.4, 0.5) is 0 Å². The van der Waals surface area contributed by atoms with Crippen molar-refractivity contribution in [3.05, 3.63) is 35.4 Å². The molecule has 0 N–H and O–H groups in total. The minimum atomic E-state index is 0.783. The van der Waals surface area contributed by atoms with Gasteiger partial charge in [0.2, 0.25) is 0 Å². The van der Waals surface area contributed by atoms with Crippen LogP contribution in [-0.4, -0.2) is 13.4 Å². The van der Waals surface area contributed by atoms with Crippen LogP contribution >= 0.6 is 0 Å². The van der Waals surface area contributed by atoms with E-state index < -0.39 is 0 Å². The minimum absolute atomic E-state index is 0.783. The minimum Gasteiger partial charge on any atom is -0.497 e. The number of allylic oxidation sites excluding steroid dienone is 2. The van der Waals surface area contributed by atoms with E-state index in [1.54, 1.807) is 7.11 Å². The van der Waals surface area contributed by atoms with Gasteiger partial charge in [-0.15, -0.1) is 0 Å². The topological polar surface area (TPSA) is 26.3 Å². The number of carbonyl (C=O) groups excluding carboxylic acids is 1. The first-order valence-electron chi connectivity index (χ1n) is 4.68. The number of rotatable bonds is 2. The van der Waals surface area contributed by atoms with Crippen molar-refractivity contribution in [3.8, 4) is 5.75 Å². The van der Waals surface area contributed by atoms with Crippen LogP contribution in [0.25, 0.3) is 5.57 Å². The third-order valence-electron chi connectivity index (χ3n) is 2.53. The number of methoxy groups -OCH3 is 1. The van der Waals surface area contributed by atoms with Crippen LogP contribution in [0.15, 0.2) is 24.3 Å². The van der Waals surface area contributed by atoms with Crippen molar-refractivity contribution >= 4 is 11.9 Å². The highest BCUT2D eigenvalue weighted by Crippen LogP contribution is 2.28. The lowest BCUT2D eigenvalue weighted by atomic mass is 9.91. The molecule has 0 fully saturated rings. The summed E-state index contributed by atoms with van der Waals surface area (Å²) >= 11 is 0. The van der Waals surface area contributed by atoms with E-state index in [0.29, 0.717) is 0 Å². The Morgan fingerprint density at radius 3 is 3.00 bits per heavy atom. The summed E-state index contributed by atoms with van der Waals surface area (Å²) in [7, 11) is 1.63. The van der Waals surface area contributed by atoms with Crippen LogP contribution in [-0.2, 0) is 11.2 Å². The molecule has 0 heterocycles. The van der Waals surface area contributed by atoms with Gasteiger partial charge in [0.1, 0.15) is 12.0 Å². The van der Waals surface area contributed by atoms with Crippen molar-refractivity contribution in [1.82, 2.24) is 0 Å². The highest BCUT2D eigenvalue weighted by Gasteiger charge is 2.12. The van der Waals surface area contributed by atoms with Gasteiger partial charge in [0.15, 0.2) is 0 Å². The summed E-state index contributed by atoms with van der Waals surface area (Å²) in [5, 5.41) is 0. The molecule has 2 nitrogen and oxygen atoms in total. The molecule has 14 heavy (non-hydrogen) atoms. The normalized spacial score (nSPS) is 14.2. The van der Waals surface area contributed by atoms with Crippen LogP contribution in [0.2, 0.25) is 0 Å². The fraction of sp³-hybridized carbons (Fsp3) is 0.250. The molecule has 1 aromatic carbocycles. The predicted octanol–water partition coefficient (Wildman–Crippen LogP) is 2.22. The standard InChI is InChI=1S/C12H12O2/c1-14-11-6-5-9-3-2-4-10(8-13)12(9)7-11/h4-8H,2-3H2,1H3. The maximum Gasteiger partial charge on any atom is 0.150 e. The quantitative estimate of drug-likeness (QED) is 0.665. The van der Waals surface area contributed by atoms with Gasteiger partial charge in [-0.1, -0.05) is 12.1 Å². The highest BCUT2D eigenvalue weighted by atomic mass is 16.5. The fourth-order valence-electron chi connectivity index (χ4n) is 1.77. The van der Waals surface area contributed by atoms with E-state index in [0.717, 1.165) is 36.0 Å². The van der Waals surface area contributed by atoms with E-state index in [1.807, 2.05) is 24.3 Å². The maximum atomic E-state index is 10.8. The Morgan fingerprint density at radius 2 is 2.29 bits per heavy atom. The summed E-state index contributed by atoms with van der Waals surface area (Å²) in [6, 6.07) is 5.89. The molecule has 1 aromatic rings. The van der Waals surface area contributed by atoms with Crippen LogP contribution in [0.3, 0.4) is 0 Å². The average molecular weight is 188 g/mol. The van der Waals surface area contributed by atoms with E-state index >= 15 is 0 Å². The molecule has 0 aliphatic heterocycles. The molecule has 0 atom stereocenters. The number of carbonyl (C=O) groups is 1. The fourth-order valence-corrected chi connectivity index (χ4v) is 1.77. The van der Waals surface area contributed by atoms with Crippen molar-refractivity contribution in [2.45, 2.75) is 12.8 Å². The number of hydrogen-bond acceptors (Lipinski definition) is 2. The number of aldehydes is 1. The van der Waals surface area contributed by atoms with Gasteiger partial charge in [0.25, 0.3) is 0 Å². The molecule has 2 heteroatoms. The molecule has 2 rings (SSSR count). The molecule has 1 aliphatic carbocycles. The Morgan fingerprint density at radius 1 is 1.43 bits per heavy atom. The molecule has 0 spiro atoms. The van der Waals surface area contributed by atoms with Gasteiger partial charge >= 0.3 is 0 Å². The average Bonchev–Trinajstić information content (AvgIpc) is 2.27. The first kappa shape index (κ1) is 9.00. The second-order valence-corrected chi connectivity index (χ2v) is 3.34. The van der Waals surface area contributed by atoms with Gasteiger partial charge in [-0.05, 0) is 36.1 Å². The number of hydrogen-bond donors (Lipinski definition) is 0. The first-order valence-corrected chi connectivity index (χ1v) is 4.68. The van der Waals surface area contributed by atoms with Crippen LogP contribution in [0, 0.1) is 0 Å². The molecule has 0 unspecified atom stereocenters. The zero-order valence-electron chi connectivity index (χ0n) is 8.12. The number of benzene rings is 1. The first-order chi connectivity index (χ1) is 6.85. The molecule has 0 bridgehead atoms. The van der Waals surface area contributed by atoms with Crippen molar-refractivity contribution in [2.75, 3.05) is 7.11 Å². The molecule has 0 saturated carbocycles. The second-order valence-electron chi connectivity index (χ2n) is 3.34. The van der Waals surface area contributed by atoms with Gasteiger partial charge in [-0.2, -0.15) is 0 Å². The number of fused-ring (bicyclic) bond motifs is 1. The molecule has 0 radical (unpaired) electrons. The molecule has 0 aromatic heterocycles. The van der Waals surface area contributed by atoms with Gasteiger partial charge in [-0.3, -0.25) is 4.79 Å². The van der Waals surface area contributed by atoms with Crippen molar-refractivity contribution in [3.63, 3.8) is 0 Å². The van der Waals surface area contributed by atoms with E-state index in [-0.39, 0.29) is 0 Å². The van der Waals surface area contributed by atoms with Gasteiger partial charge < -0.3 is 4.74 Å². The Balaban J connectivity index is 2.51. The molecule has 72 valence electrons. The number of ether oxygens (including phenoxy) is 1. The van der Waals surface area contributed by atoms with Gasteiger partial charge in [-0.25, -0.2) is 0 Å².